The van der Waals surface area contributed by atoms with Gasteiger partial charge in [-0.05, 0) is 67.6 Å². The normalized spacial score (nSPS) is 12.8. The van der Waals surface area contributed by atoms with E-state index in [0.717, 1.165) is 34.9 Å². The second-order valence-electron chi connectivity index (χ2n) is 9.89. The summed E-state index contributed by atoms with van der Waals surface area (Å²) in [6.07, 6.45) is 4.40. The molecule has 208 valence electrons. The number of carbonyl (C=O) groups excluding carboxylic acids is 2. The zero-order valence-electron chi connectivity index (χ0n) is 22.3. The van der Waals surface area contributed by atoms with Crippen LogP contribution >= 0.6 is 23.2 Å². The molecular formula is C31H32Cl2N4O3. The van der Waals surface area contributed by atoms with Crippen molar-refractivity contribution in [3.8, 4) is 5.75 Å². The third kappa shape index (κ3) is 6.72. The highest BCUT2D eigenvalue weighted by atomic mass is 35.5. The number of urea groups is 1. The Morgan fingerprint density at radius 3 is 2.58 bits per heavy atom. The summed E-state index contributed by atoms with van der Waals surface area (Å²) in [5, 5.41) is 4.99. The molecule has 0 saturated heterocycles. The highest BCUT2D eigenvalue weighted by Crippen LogP contribution is 2.30. The first-order chi connectivity index (χ1) is 19.4. The number of amides is 3. The van der Waals surface area contributed by atoms with Crippen molar-refractivity contribution in [1.29, 1.82) is 0 Å². The molecule has 1 heterocycles. The molecule has 4 aromatic rings. The van der Waals surface area contributed by atoms with Crippen LogP contribution in [0.3, 0.4) is 0 Å². The van der Waals surface area contributed by atoms with Crippen LogP contribution in [0.4, 0.5) is 10.5 Å². The maximum absolute atomic E-state index is 13.8. The van der Waals surface area contributed by atoms with Gasteiger partial charge in [-0.3, -0.25) is 4.79 Å². The lowest BCUT2D eigenvalue weighted by molar-refractivity contribution is -0.132. The zero-order chi connectivity index (χ0) is 28.1. The van der Waals surface area contributed by atoms with Crippen LogP contribution in [0.2, 0.25) is 10.0 Å². The number of rotatable bonds is 11. The van der Waals surface area contributed by atoms with Gasteiger partial charge in [-0.25, -0.2) is 4.79 Å². The van der Waals surface area contributed by atoms with Gasteiger partial charge in [-0.1, -0.05) is 59.6 Å². The molecule has 9 heteroatoms. The molecule has 3 aromatic carbocycles. The Morgan fingerprint density at radius 2 is 1.80 bits per heavy atom. The van der Waals surface area contributed by atoms with E-state index in [1.165, 1.54) is 0 Å². The average molecular weight is 580 g/mol. The van der Waals surface area contributed by atoms with Gasteiger partial charge in [0.15, 0.2) is 0 Å². The van der Waals surface area contributed by atoms with E-state index >= 15 is 0 Å². The smallest absolute Gasteiger partial charge is 0.322 e. The van der Waals surface area contributed by atoms with Gasteiger partial charge in [0.25, 0.3) is 0 Å². The fourth-order valence-corrected chi connectivity index (χ4v) is 5.10. The maximum Gasteiger partial charge on any atom is 0.322 e. The molecule has 1 aliphatic carbocycles. The number of hydrogen-bond acceptors (Lipinski definition) is 3. The Hall–Kier alpha value is -3.68. The van der Waals surface area contributed by atoms with Crippen LogP contribution in [0.5, 0.6) is 5.75 Å². The van der Waals surface area contributed by atoms with Crippen molar-refractivity contribution in [3.05, 3.63) is 94.1 Å². The highest BCUT2D eigenvalue weighted by molar-refractivity contribution is 6.42. The van der Waals surface area contributed by atoms with E-state index < -0.39 is 0 Å². The second-order valence-corrected chi connectivity index (χ2v) is 10.7. The number of carbonyl (C=O) groups is 2. The van der Waals surface area contributed by atoms with E-state index in [-0.39, 0.29) is 24.5 Å². The van der Waals surface area contributed by atoms with Crippen molar-refractivity contribution in [3.63, 3.8) is 0 Å². The van der Waals surface area contributed by atoms with Gasteiger partial charge in [-0.15, -0.1) is 0 Å². The molecule has 40 heavy (non-hydrogen) atoms. The van der Waals surface area contributed by atoms with Crippen LogP contribution in [0, 0.1) is 0 Å². The van der Waals surface area contributed by atoms with Crippen LogP contribution in [0.15, 0.2) is 72.9 Å². The number of aromatic amines is 1. The van der Waals surface area contributed by atoms with Gasteiger partial charge >= 0.3 is 6.03 Å². The SMILES string of the molecule is CCOc1ccccc1NC(=O)N(CC(=O)N(CCc1c[nH]c2ccccc12)Cc1ccc(Cl)c(Cl)c1)C1CC1. The lowest BCUT2D eigenvalue weighted by Gasteiger charge is -2.28. The van der Waals surface area contributed by atoms with Crippen LogP contribution in [-0.4, -0.2) is 52.5 Å². The summed E-state index contributed by atoms with van der Waals surface area (Å²) in [6, 6.07) is 20.5. The van der Waals surface area contributed by atoms with E-state index in [1.807, 2.05) is 55.6 Å². The van der Waals surface area contributed by atoms with E-state index in [2.05, 4.69) is 16.4 Å². The molecule has 0 unspecified atom stereocenters. The summed E-state index contributed by atoms with van der Waals surface area (Å²) in [4.78, 5) is 33.9. The molecule has 0 aliphatic heterocycles. The van der Waals surface area contributed by atoms with Gasteiger partial charge in [0.2, 0.25) is 5.91 Å². The number of halogens is 2. The van der Waals surface area contributed by atoms with Crippen molar-refractivity contribution in [2.75, 3.05) is 25.0 Å². The number of hydrogen-bond donors (Lipinski definition) is 2. The molecule has 1 fully saturated rings. The second kappa shape index (κ2) is 12.7. The minimum absolute atomic E-state index is 0.0253. The number of ether oxygens (including phenoxy) is 1. The summed E-state index contributed by atoms with van der Waals surface area (Å²) < 4.78 is 5.66. The fraction of sp³-hybridized carbons (Fsp3) is 0.290. The van der Waals surface area contributed by atoms with Gasteiger partial charge in [0.05, 0.1) is 22.3 Å². The minimum Gasteiger partial charge on any atom is -0.492 e. The number of H-pyrrole nitrogens is 1. The Balaban J connectivity index is 1.33. The number of fused-ring (bicyclic) bond motifs is 1. The molecule has 1 aliphatic rings. The minimum atomic E-state index is -0.311. The Bertz CT molecular complexity index is 1500. The molecule has 1 saturated carbocycles. The first-order valence-corrected chi connectivity index (χ1v) is 14.2. The lowest BCUT2D eigenvalue weighted by Crippen LogP contribution is -2.45. The molecule has 0 radical (unpaired) electrons. The molecule has 5 rings (SSSR count). The number of aromatic nitrogens is 1. The Kier molecular flexibility index (Phi) is 8.82. The van der Waals surface area contributed by atoms with Crippen molar-refractivity contribution in [2.45, 2.75) is 38.8 Å². The van der Waals surface area contributed by atoms with Crippen molar-refractivity contribution >= 4 is 51.7 Å². The van der Waals surface area contributed by atoms with Crippen molar-refractivity contribution in [2.24, 2.45) is 0 Å². The monoisotopic (exact) mass is 578 g/mol. The lowest BCUT2D eigenvalue weighted by atomic mass is 10.1. The molecule has 0 atom stereocenters. The highest BCUT2D eigenvalue weighted by Gasteiger charge is 2.35. The summed E-state index contributed by atoms with van der Waals surface area (Å²) in [5.41, 5.74) is 3.64. The molecule has 0 bridgehead atoms. The quantitative estimate of drug-likeness (QED) is 0.198. The fourth-order valence-electron chi connectivity index (χ4n) is 4.78. The predicted molar refractivity (Wildman–Crippen MR) is 160 cm³/mol. The largest absolute Gasteiger partial charge is 0.492 e. The van der Waals surface area contributed by atoms with Gasteiger partial charge in [-0.2, -0.15) is 0 Å². The Morgan fingerprint density at radius 1 is 1.02 bits per heavy atom. The molecule has 0 spiro atoms. The van der Waals surface area contributed by atoms with E-state index in [4.69, 9.17) is 27.9 Å². The van der Waals surface area contributed by atoms with E-state index in [1.54, 1.807) is 28.0 Å². The van der Waals surface area contributed by atoms with Gasteiger partial charge in [0.1, 0.15) is 12.3 Å². The predicted octanol–water partition coefficient (Wildman–Crippen LogP) is 7.14. The molecule has 3 amide bonds. The van der Waals surface area contributed by atoms with E-state index in [9.17, 15) is 9.59 Å². The molecular weight excluding hydrogens is 547 g/mol. The summed E-state index contributed by atoms with van der Waals surface area (Å²) in [5.74, 6) is 0.464. The summed E-state index contributed by atoms with van der Waals surface area (Å²) >= 11 is 12.4. The first-order valence-electron chi connectivity index (χ1n) is 13.5. The van der Waals surface area contributed by atoms with Crippen LogP contribution in [0.1, 0.15) is 30.9 Å². The van der Waals surface area contributed by atoms with Crippen LogP contribution < -0.4 is 10.1 Å². The summed E-state index contributed by atoms with van der Waals surface area (Å²) in [7, 11) is 0. The third-order valence-corrected chi connectivity index (χ3v) is 7.76. The van der Waals surface area contributed by atoms with Crippen LogP contribution in [0.25, 0.3) is 10.9 Å². The molecule has 2 N–H and O–H groups in total. The number of nitrogens with zero attached hydrogens (tertiary/aromatic N) is 2. The third-order valence-electron chi connectivity index (χ3n) is 7.02. The first kappa shape index (κ1) is 27.9. The molecule has 7 nitrogen and oxygen atoms in total. The number of anilines is 1. The summed E-state index contributed by atoms with van der Waals surface area (Å²) in [6.45, 7) is 3.19. The standard InChI is InChI=1S/C31H32Cl2N4O3/c1-2-40-29-10-6-5-9-28(29)35-31(39)37(23-12-13-23)20-30(38)36(19-21-11-14-25(32)26(33)17-21)16-15-22-18-34-27-8-4-3-7-24(22)27/h3-11,14,17-18,23,34H,2,12-13,15-16,19-20H2,1H3,(H,35,39). The van der Waals surface area contributed by atoms with Gasteiger partial charge < -0.3 is 24.8 Å². The zero-order valence-corrected chi connectivity index (χ0v) is 23.8. The maximum atomic E-state index is 13.8. The number of nitrogens with one attached hydrogen (secondary N) is 2. The number of para-hydroxylation sites is 3. The van der Waals surface area contributed by atoms with E-state index in [0.29, 0.717) is 47.6 Å². The van der Waals surface area contributed by atoms with Gasteiger partial charge in [0, 0.05) is 36.2 Å². The van der Waals surface area contributed by atoms with Crippen molar-refractivity contribution in [1.82, 2.24) is 14.8 Å². The topological polar surface area (TPSA) is 77.7 Å². The average Bonchev–Trinajstić information content (AvgIpc) is 3.72. The number of benzene rings is 3. The van der Waals surface area contributed by atoms with Crippen molar-refractivity contribution < 1.29 is 14.3 Å². The molecule has 1 aromatic heterocycles. The Labute approximate surface area is 244 Å². The van der Waals surface area contributed by atoms with Crippen LogP contribution in [-0.2, 0) is 17.8 Å².